The van der Waals surface area contributed by atoms with E-state index in [1.54, 1.807) is 12.1 Å². The van der Waals surface area contributed by atoms with Crippen LogP contribution in [0.4, 0.5) is 10.1 Å². The third-order valence-corrected chi connectivity index (χ3v) is 3.17. The van der Waals surface area contributed by atoms with Crippen molar-refractivity contribution < 1.29 is 23.5 Å². The van der Waals surface area contributed by atoms with Gasteiger partial charge in [-0.1, -0.05) is 17.7 Å². The summed E-state index contributed by atoms with van der Waals surface area (Å²) in [6.45, 7) is 3.05. The molecule has 1 amide bonds. The number of halogens is 1. The Balaban J connectivity index is 1.78. The van der Waals surface area contributed by atoms with Gasteiger partial charge in [0.25, 0.3) is 5.91 Å². The van der Waals surface area contributed by atoms with Crippen LogP contribution in [0, 0.1) is 12.7 Å². The topological polar surface area (TPSA) is 64.6 Å². The summed E-state index contributed by atoms with van der Waals surface area (Å²) in [7, 11) is 0. The Morgan fingerprint density at radius 1 is 1.08 bits per heavy atom. The van der Waals surface area contributed by atoms with E-state index in [0.717, 1.165) is 5.56 Å². The molecule has 2 rings (SSSR count). The summed E-state index contributed by atoms with van der Waals surface area (Å²) in [6.07, 6.45) is -0.962. The highest BCUT2D eigenvalue weighted by molar-refractivity contribution is 5.95. The van der Waals surface area contributed by atoms with E-state index in [-0.39, 0.29) is 6.61 Å². The van der Waals surface area contributed by atoms with Crippen molar-refractivity contribution in [3.8, 4) is 5.75 Å². The zero-order valence-corrected chi connectivity index (χ0v) is 13.4. The zero-order chi connectivity index (χ0) is 17.5. The van der Waals surface area contributed by atoms with Crippen LogP contribution in [0.2, 0.25) is 0 Å². The molecule has 0 spiro atoms. The molecule has 0 unspecified atom stereocenters. The highest BCUT2D eigenvalue weighted by atomic mass is 19.1. The van der Waals surface area contributed by atoms with E-state index in [1.165, 1.54) is 31.2 Å². The molecule has 0 aliphatic carbocycles. The van der Waals surface area contributed by atoms with Crippen molar-refractivity contribution in [2.24, 2.45) is 0 Å². The van der Waals surface area contributed by atoms with Gasteiger partial charge < -0.3 is 14.8 Å². The van der Waals surface area contributed by atoms with Crippen molar-refractivity contribution in [2.45, 2.75) is 20.0 Å². The van der Waals surface area contributed by atoms with Gasteiger partial charge in [0.05, 0.1) is 0 Å². The quantitative estimate of drug-likeness (QED) is 0.826. The van der Waals surface area contributed by atoms with Gasteiger partial charge in [-0.2, -0.15) is 0 Å². The summed E-state index contributed by atoms with van der Waals surface area (Å²) >= 11 is 0. The van der Waals surface area contributed by atoms with E-state index >= 15 is 0 Å². The molecule has 0 heterocycles. The Labute approximate surface area is 139 Å². The van der Waals surface area contributed by atoms with Gasteiger partial charge in [-0.05, 0) is 50.2 Å². The molecule has 24 heavy (non-hydrogen) atoms. The first-order valence-corrected chi connectivity index (χ1v) is 7.39. The van der Waals surface area contributed by atoms with E-state index in [1.807, 2.05) is 19.1 Å². The fourth-order valence-electron chi connectivity index (χ4n) is 1.84. The average Bonchev–Trinajstić information content (AvgIpc) is 2.56. The van der Waals surface area contributed by atoms with Crippen molar-refractivity contribution in [1.82, 2.24) is 0 Å². The molecule has 126 valence electrons. The van der Waals surface area contributed by atoms with E-state index in [2.05, 4.69) is 5.32 Å². The molecular weight excluding hydrogens is 313 g/mol. The van der Waals surface area contributed by atoms with Crippen molar-refractivity contribution in [2.75, 3.05) is 11.9 Å². The zero-order valence-electron chi connectivity index (χ0n) is 13.4. The SMILES string of the molecule is Cc1ccc(NC(=O)[C@H](C)OC(=O)COc2ccc(F)cc2)cc1. The van der Waals surface area contributed by atoms with Gasteiger partial charge in [-0.3, -0.25) is 4.79 Å². The Morgan fingerprint density at radius 3 is 2.33 bits per heavy atom. The number of benzene rings is 2. The smallest absolute Gasteiger partial charge is 0.344 e. The number of amides is 1. The lowest BCUT2D eigenvalue weighted by Crippen LogP contribution is -2.31. The molecule has 0 radical (unpaired) electrons. The summed E-state index contributed by atoms with van der Waals surface area (Å²) in [5.74, 6) is -1.18. The van der Waals surface area contributed by atoms with Gasteiger partial charge in [-0.25, -0.2) is 9.18 Å². The van der Waals surface area contributed by atoms with Gasteiger partial charge in [0.2, 0.25) is 0 Å². The number of nitrogens with one attached hydrogen (secondary N) is 1. The highest BCUT2D eigenvalue weighted by Gasteiger charge is 2.18. The minimum Gasteiger partial charge on any atom is -0.482 e. The number of anilines is 1. The Bertz CT molecular complexity index is 698. The summed E-state index contributed by atoms with van der Waals surface area (Å²) in [5, 5.41) is 2.66. The number of esters is 1. The number of hydrogen-bond acceptors (Lipinski definition) is 4. The molecule has 0 aliphatic rings. The summed E-state index contributed by atoms with van der Waals surface area (Å²) < 4.78 is 22.9. The Hall–Kier alpha value is -2.89. The third kappa shape index (κ3) is 5.39. The standard InChI is InChI=1S/C18H18FNO4/c1-12-3-7-15(8-4-12)20-18(22)13(2)24-17(21)11-23-16-9-5-14(19)6-10-16/h3-10,13H,11H2,1-2H3,(H,20,22)/t13-/m0/s1. The second-order valence-corrected chi connectivity index (χ2v) is 5.23. The maximum atomic E-state index is 12.8. The molecule has 2 aromatic carbocycles. The molecule has 6 heteroatoms. The number of aryl methyl sites for hydroxylation is 1. The summed E-state index contributed by atoms with van der Waals surface area (Å²) in [4.78, 5) is 23.7. The van der Waals surface area contributed by atoms with Crippen molar-refractivity contribution in [3.05, 3.63) is 59.9 Å². The van der Waals surface area contributed by atoms with Crippen LogP contribution in [-0.2, 0) is 14.3 Å². The second kappa shape index (κ2) is 8.10. The summed E-state index contributed by atoms with van der Waals surface area (Å²) in [6, 6.07) is 12.5. The number of carbonyl (C=O) groups excluding carboxylic acids is 2. The number of ether oxygens (including phenoxy) is 2. The highest BCUT2D eigenvalue weighted by Crippen LogP contribution is 2.12. The molecule has 0 bridgehead atoms. The van der Waals surface area contributed by atoms with E-state index in [0.29, 0.717) is 11.4 Å². The lowest BCUT2D eigenvalue weighted by atomic mass is 10.2. The maximum absolute atomic E-state index is 12.8. The van der Waals surface area contributed by atoms with Gasteiger partial charge >= 0.3 is 5.97 Å². The fourth-order valence-corrected chi connectivity index (χ4v) is 1.84. The first-order valence-electron chi connectivity index (χ1n) is 7.39. The van der Waals surface area contributed by atoms with Crippen molar-refractivity contribution >= 4 is 17.6 Å². The predicted molar refractivity (Wildman–Crippen MR) is 87.3 cm³/mol. The van der Waals surface area contributed by atoms with E-state index < -0.39 is 23.8 Å². The first kappa shape index (κ1) is 17.5. The Morgan fingerprint density at radius 2 is 1.71 bits per heavy atom. The molecule has 0 saturated carbocycles. The Kier molecular flexibility index (Phi) is 5.89. The van der Waals surface area contributed by atoms with Gasteiger partial charge in [0, 0.05) is 5.69 Å². The molecule has 0 aromatic heterocycles. The largest absolute Gasteiger partial charge is 0.482 e. The maximum Gasteiger partial charge on any atom is 0.344 e. The fraction of sp³-hybridized carbons (Fsp3) is 0.222. The first-order chi connectivity index (χ1) is 11.4. The van der Waals surface area contributed by atoms with E-state index in [4.69, 9.17) is 9.47 Å². The van der Waals surface area contributed by atoms with Gasteiger partial charge in [0.1, 0.15) is 11.6 Å². The lowest BCUT2D eigenvalue weighted by molar-refractivity contribution is -0.155. The van der Waals surface area contributed by atoms with Crippen LogP contribution < -0.4 is 10.1 Å². The lowest BCUT2D eigenvalue weighted by Gasteiger charge is -2.14. The molecule has 5 nitrogen and oxygen atoms in total. The van der Waals surface area contributed by atoms with Gasteiger partial charge in [0.15, 0.2) is 12.7 Å². The van der Waals surface area contributed by atoms with Crippen LogP contribution in [0.3, 0.4) is 0 Å². The third-order valence-electron chi connectivity index (χ3n) is 3.17. The minimum absolute atomic E-state index is 0.338. The van der Waals surface area contributed by atoms with Crippen LogP contribution in [0.1, 0.15) is 12.5 Å². The molecular formula is C18H18FNO4. The second-order valence-electron chi connectivity index (χ2n) is 5.23. The molecule has 2 aromatic rings. The van der Waals surface area contributed by atoms with Crippen LogP contribution in [0.25, 0.3) is 0 Å². The number of carbonyl (C=O) groups is 2. The van der Waals surface area contributed by atoms with Crippen LogP contribution in [0.5, 0.6) is 5.75 Å². The average molecular weight is 331 g/mol. The van der Waals surface area contributed by atoms with Crippen LogP contribution in [-0.4, -0.2) is 24.6 Å². The normalized spacial score (nSPS) is 11.5. The molecule has 0 fully saturated rings. The number of rotatable bonds is 6. The van der Waals surface area contributed by atoms with Gasteiger partial charge in [-0.15, -0.1) is 0 Å². The molecule has 0 saturated heterocycles. The molecule has 1 atom stereocenters. The van der Waals surface area contributed by atoms with E-state index in [9.17, 15) is 14.0 Å². The van der Waals surface area contributed by atoms with Crippen molar-refractivity contribution in [1.29, 1.82) is 0 Å². The molecule has 1 N–H and O–H groups in total. The van der Waals surface area contributed by atoms with Crippen LogP contribution in [0.15, 0.2) is 48.5 Å². The molecule has 0 aliphatic heterocycles. The number of hydrogen-bond donors (Lipinski definition) is 1. The summed E-state index contributed by atoms with van der Waals surface area (Å²) in [5.41, 5.74) is 1.70. The van der Waals surface area contributed by atoms with Crippen molar-refractivity contribution in [3.63, 3.8) is 0 Å². The predicted octanol–water partition coefficient (Wildman–Crippen LogP) is 3.08. The monoisotopic (exact) mass is 331 g/mol. The minimum atomic E-state index is -0.962. The van der Waals surface area contributed by atoms with Crippen LogP contribution >= 0.6 is 0 Å².